The Hall–Kier alpha value is -0.610. The summed E-state index contributed by atoms with van der Waals surface area (Å²) in [5.74, 6) is 0.560. The van der Waals surface area contributed by atoms with Crippen molar-refractivity contribution < 1.29 is 14.3 Å². The average molecular weight is 243 g/mol. The molecule has 1 aliphatic heterocycles. The fraction of sp³-hybridized carbons (Fsp3) is 0.923. The lowest BCUT2D eigenvalue weighted by molar-refractivity contribution is -0.144. The van der Waals surface area contributed by atoms with Gasteiger partial charge >= 0.3 is 5.97 Å². The first kappa shape index (κ1) is 14.5. The van der Waals surface area contributed by atoms with Gasteiger partial charge in [-0.2, -0.15) is 0 Å². The minimum atomic E-state index is -0.104. The summed E-state index contributed by atoms with van der Waals surface area (Å²) in [6.45, 7) is 5.73. The molecule has 1 heterocycles. The first-order valence-electron chi connectivity index (χ1n) is 6.64. The molecule has 1 fully saturated rings. The van der Waals surface area contributed by atoms with Crippen LogP contribution in [0.25, 0.3) is 0 Å². The van der Waals surface area contributed by atoms with E-state index in [1.807, 2.05) is 7.05 Å². The lowest BCUT2D eigenvalue weighted by Gasteiger charge is -2.26. The molecule has 100 valence electrons. The third kappa shape index (κ3) is 6.64. The number of hydrogen-bond donors (Lipinski definition) is 0. The molecule has 0 N–H and O–H groups in total. The topological polar surface area (TPSA) is 38.8 Å². The summed E-state index contributed by atoms with van der Waals surface area (Å²) in [6.07, 6.45) is 4.23. The second-order valence-electron chi connectivity index (χ2n) is 4.83. The highest BCUT2D eigenvalue weighted by molar-refractivity contribution is 5.71. The summed E-state index contributed by atoms with van der Waals surface area (Å²) in [6, 6.07) is 0. The summed E-state index contributed by atoms with van der Waals surface area (Å²) in [7, 11) is 1.98. The molecule has 0 aromatic carbocycles. The number of nitrogens with zero attached hydrogens (tertiary/aromatic N) is 1. The quantitative estimate of drug-likeness (QED) is 0.504. The zero-order chi connectivity index (χ0) is 12.5. The average Bonchev–Trinajstić information content (AvgIpc) is 2.30. The Morgan fingerprint density at radius 1 is 1.41 bits per heavy atom. The molecule has 0 amide bonds. The molecule has 0 saturated carbocycles. The van der Waals surface area contributed by atoms with Crippen molar-refractivity contribution in [3.63, 3.8) is 0 Å². The highest BCUT2D eigenvalue weighted by Gasteiger charge is 2.17. The van der Waals surface area contributed by atoms with Crippen molar-refractivity contribution in [3.05, 3.63) is 0 Å². The van der Waals surface area contributed by atoms with Crippen molar-refractivity contribution in [3.8, 4) is 0 Å². The van der Waals surface area contributed by atoms with E-state index >= 15 is 0 Å². The summed E-state index contributed by atoms with van der Waals surface area (Å²) < 4.78 is 10.5. The van der Waals surface area contributed by atoms with Crippen molar-refractivity contribution in [2.75, 3.05) is 40.0 Å². The summed E-state index contributed by atoms with van der Waals surface area (Å²) in [5, 5.41) is 0. The van der Waals surface area contributed by atoms with Gasteiger partial charge in [-0.1, -0.05) is 13.3 Å². The first-order valence-corrected chi connectivity index (χ1v) is 6.64. The van der Waals surface area contributed by atoms with Crippen LogP contribution in [0.1, 0.15) is 32.6 Å². The SMILES string of the molecule is CCCCOC(=O)CN(C)CC1CCOCC1. The Balaban J connectivity index is 2.10. The third-order valence-corrected chi connectivity index (χ3v) is 3.07. The van der Waals surface area contributed by atoms with Gasteiger partial charge in [0.1, 0.15) is 0 Å². The molecule has 0 aromatic heterocycles. The summed E-state index contributed by atoms with van der Waals surface area (Å²) in [4.78, 5) is 13.5. The third-order valence-electron chi connectivity index (χ3n) is 3.07. The van der Waals surface area contributed by atoms with E-state index in [4.69, 9.17) is 9.47 Å². The highest BCUT2D eigenvalue weighted by atomic mass is 16.5. The zero-order valence-corrected chi connectivity index (χ0v) is 11.1. The largest absolute Gasteiger partial charge is 0.465 e. The molecular formula is C13H25NO3. The highest BCUT2D eigenvalue weighted by Crippen LogP contribution is 2.15. The smallest absolute Gasteiger partial charge is 0.320 e. The maximum Gasteiger partial charge on any atom is 0.320 e. The molecule has 1 saturated heterocycles. The van der Waals surface area contributed by atoms with Gasteiger partial charge < -0.3 is 9.47 Å². The summed E-state index contributed by atoms with van der Waals surface area (Å²) in [5.41, 5.74) is 0. The standard InChI is InChI=1S/C13H25NO3/c1-3-4-7-17-13(15)11-14(2)10-12-5-8-16-9-6-12/h12H,3-11H2,1-2H3. The molecule has 1 rings (SSSR count). The molecule has 0 bridgehead atoms. The second kappa shape index (κ2) is 8.48. The van der Waals surface area contributed by atoms with Crippen LogP contribution < -0.4 is 0 Å². The first-order chi connectivity index (χ1) is 8.22. The molecule has 4 nitrogen and oxygen atoms in total. The van der Waals surface area contributed by atoms with Gasteiger partial charge in [0.15, 0.2) is 0 Å². The normalized spacial score (nSPS) is 17.4. The molecule has 4 heteroatoms. The molecule has 0 unspecified atom stereocenters. The minimum Gasteiger partial charge on any atom is -0.465 e. The number of carbonyl (C=O) groups excluding carboxylic acids is 1. The molecule has 0 aromatic rings. The van der Waals surface area contributed by atoms with E-state index in [2.05, 4.69) is 11.8 Å². The van der Waals surface area contributed by atoms with Crippen molar-refractivity contribution in [1.82, 2.24) is 4.90 Å². The Morgan fingerprint density at radius 2 is 2.12 bits per heavy atom. The molecule has 0 radical (unpaired) electrons. The monoisotopic (exact) mass is 243 g/mol. The van der Waals surface area contributed by atoms with Gasteiger partial charge in [0, 0.05) is 19.8 Å². The van der Waals surface area contributed by atoms with Crippen LogP contribution in [0.5, 0.6) is 0 Å². The van der Waals surface area contributed by atoms with Crippen molar-refractivity contribution in [2.45, 2.75) is 32.6 Å². The number of esters is 1. The van der Waals surface area contributed by atoms with E-state index in [1.165, 1.54) is 0 Å². The predicted octanol–water partition coefficient (Wildman–Crippen LogP) is 1.69. The number of rotatable bonds is 7. The van der Waals surface area contributed by atoms with Crippen LogP contribution in [-0.4, -0.2) is 50.8 Å². The Kier molecular flexibility index (Phi) is 7.21. The maximum absolute atomic E-state index is 11.5. The fourth-order valence-electron chi connectivity index (χ4n) is 2.03. The van der Waals surface area contributed by atoms with E-state index in [9.17, 15) is 4.79 Å². The van der Waals surface area contributed by atoms with Crippen LogP contribution in [0.15, 0.2) is 0 Å². The van der Waals surface area contributed by atoms with Crippen LogP contribution >= 0.6 is 0 Å². The minimum absolute atomic E-state index is 0.104. The van der Waals surface area contributed by atoms with Crippen LogP contribution in [0.4, 0.5) is 0 Å². The number of unbranched alkanes of at least 4 members (excludes halogenated alkanes) is 1. The molecule has 17 heavy (non-hydrogen) atoms. The predicted molar refractivity (Wildman–Crippen MR) is 66.9 cm³/mol. The van der Waals surface area contributed by atoms with Crippen molar-refractivity contribution >= 4 is 5.97 Å². The Morgan fingerprint density at radius 3 is 2.76 bits per heavy atom. The van der Waals surface area contributed by atoms with Gasteiger partial charge in [0.25, 0.3) is 0 Å². The van der Waals surface area contributed by atoms with E-state index in [0.29, 0.717) is 19.1 Å². The number of carbonyl (C=O) groups is 1. The molecule has 0 spiro atoms. The summed E-state index contributed by atoms with van der Waals surface area (Å²) >= 11 is 0. The lowest BCUT2D eigenvalue weighted by Crippen LogP contribution is -2.34. The lowest BCUT2D eigenvalue weighted by atomic mass is 10.00. The fourth-order valence-corrected chi connectivity index (χ4v) is 2.03. The van der Waals surface area contributed by atoms with Crippen LogP contribution in [0, 0.1) is 5.92 Å². The van der Waals surface area contributed by atoms with Gasteiger partial charge in [-0.05, 0) is 32.2 Å². The Labute approximate surface area is 104 Å². The van der Waals surface area contributed by atoms with Gasteiger partial charge in [-0.15, -0.1) is 0 Å². The van der Waals surface area contributed by atoms with Crippen molar-refractivity contribution in [1.29, 1.82) is 0 Å². The van der Waals surface area contributed by atoms with Gasteiger partial charge in [0.2, 0.25) is 0 Å². The van der Waals surface area contributed by atoms with Crippen LogP contribution in [-0.2, 0) is 14.3 Å². The van der Waals surface area contributed by atoms with E-state index in [0.717, 1.165) is 45.4 Å². The zero-order valence-electron chi connectivity index (χ0n) is 11.1. The van der Waals surface area contributed by atoms with E-state index < -0.39 is 0 Å². The maximum atomic E-state index is 11.5. The number of ether oxygens (including phenoxy) is 2. The van der Waals surface area contributed by atoms with E-state index in [-0.39, 0.29) is 5.97 Å². The van der Waals surface area contributed by atoms with Gasteiger partial charge in [0.05, 0.1) is 13.2 Å². The van der Waals surface area contributed by atoms with Gasteiger partial charge in [-0.3, -0.25) is 9.69 Å². The van der Waals surface area contributed by atoms with Crippen LogP contribution in [0.3, 0.4) is 0 Å². The molecule has 0 aliphatic carbocycles. The molecular weight excluding hydrogens is 218 g/mol. The molecule has 0 atom stereocenters. The number of hydrogen-bond acceptors (Lipinski definition) is 4. The molecule has 1 aliphatic rings. The van der Waals surface area contributed by atoms with Crippen molar-refractivity contribution in [2.24, 2.45) is 5.92 Å². The Bertz CT molecular complexity index is 215. The van der Waals surface area contributed by atoms with E-state index in [1.54, 1.807) is 0 Å². The van der Waals surface area contributed by atoms with Crippen LogP contribution in [0.2, 0.25) is 0 Å². The van der Waals surface area contributed by atoms with Gasteiger partial charge in [-0.25, -0.2) is 0 Å². The second-order valence-corrected chi connectivity index (χ2v) is 4.83. The number of likely N-dealkylation sites (N-methyl/N-ethyl adjacent to an activating group) is 1.